The fraction of sp³-hybridized carbons (Fsp3) is 0.440. The summed E-state index contributed by atoms with van der Waals surface area (Å²) < 4.78 is 33.4. The third-order valence-electron chi connectivity index (χ3n) is 5.67. The van der Waals surface area contributed by atoms with Crippen LogP contribution in [0.5, 0.6) is 0 Å². The number of nitrogens with zero attached hydrogens (tertiary/aromatic N) is 3. The van der Waals surface area contributed by atoms with Crippen molar-refractivity contribution in [2.45, 2.75) is 32.7 Å². The summed E-state index contributed by atoms with van der Waals surface area (Å²) in [5.74, 6) is -0.639. The molecule has 1 aliphatic heterocycles. The van der Waals surface area contributed by atoms with Gasteiger partial charge in [-0.2, -0.15) is 4.72 Å². The van der Waals surface area contributed by atoms with Crippen LogP contribution in [0.4, 0.5) is 5.69 Å². The molecule has 1 unspecified atom stereocenters. The molecule has 1 aromatic heterocycles. The predicted molar refractivity (Wildman–Crippen MR) is 135 cm³/mol. The number of carbonyl (C=O) groups excluding carboxylic acids is 1. The van der Waals surface area contributed by atoms with Crippen LogP contribution in [-0.2, 0) is 19.6 Å². The number of hydrogen-bond acceptors (Lipinski definition) is 7. The number of pyridine rings is 1. The minimum atomic E-state index is -3.67. The fourth-order valence-corrected chi connectivity index (χ4v) is 5.21. The summed E-state index contributed by atoms with van der Waals surface area (Å²) >= 11 is 0. The Morgan fingerprint density at radius 2 is 1.76 bits per heavy atom. The largest absolute Gasteiger partial charge is 0.465 e. The zero-order chi connectivity index (χ0) is 24.4. The van der Waals surface area contributed by atoms with Crippen molar-refractivity contribution >= 4 is 27.3 Å². The standard InChI is InChI=1S/C25H34N4O4S/c1-3-5-19-34(31,32)27-24(25(30)33-4-2)23(21-9-7-6-8-10-21)20-28-15-17-29(18-16-28)22-11-13-26-14-12-22/h6-14,20,24,27H,3-5,15-19H2,1-2H3. The molecule has 0 saturated carbocycles. The van der Waals surface area contributed by atoms with E-state index >= 15 is 0 Å². The SMILES string of the molecule is CCCCS(=O)(=O)NC(C(=O)OCC)C(=CN1CCN(c2ccncc2)CC1)c1ccccc1. The van der Waals surface area contributed by atoms with E-state index in [1.165, 1.54) is 0 Å². The molecule has 0 spiro atoms. The Hall–Kier alpha value is -2.91. The molecule has 2 heterocycles. The number of carbonyl (C=O) groups is 1. The van der Waals surface area contributed by atoms with Crippen molar-refractivity contribution in [3.8, 4) is 0 Å². The number of sulfonamides is 1. The molecule has 0 bridgehead atoms. The number of benzene rings is 1. The van der Waals surface area contributed by atoms with Gasteiger partial charge < -0.3 is 14.5 Å². The van der Waals surface area contributed by atoms with Crippen LogP contribution < -0.4 is 9.62 Å². The summed E-state index contributed by atoms with van der Waals surface area (Å²) in [6, 6.07) is 12.3. The molecule has 34 heavy (non-hydrogen) atoms. The van der Waals surface area contributed by atoms with E-state index < -0.39 is 22.0 Å². The van der Waals surface area contributed by atoms with Crippen molar-refractivity contribution in [2.24, 2.45) is 0 Å². The molecule has 184 valence electrons. The second kappa shape index (κ2) is 12.5. The maximum absolute atomic E-state index is 13.0. The van der Waals surface area contributed by atoms with E-state index in [0.717, 1.165) is 43.9 Å². The molecule has 8 nitrogen and oxygen atoms in total. The van der Waals surface area contributed by atoms with Crippen LogP contribution in [0.3, 0.4) is 0 Å². The summed E-state index contributed by atoms with van der Waals surface area (Å²) in [4.78, 5) is 21.5. The van der Waals surface area contributed by atoms with E-state index in [9.17, 15) is 13.2 Å². The zero-order valence-corrected chi connectivity index (χ0v) is 20.7. The topological polar surface area (TPSA) is 91.8 Å². The third kappa shape index (κ3) is 7.30. The van der Waals surface area contributed by atoms with E-state index in [0.29, 0.717) is 12.0 Å². The molecule has 1 aliphatic rings. The Balaban J connectivity index is 1.88. The van der Waals surface area contributed by atoms with E-state index in [4.69, 9.17) is 4.74 Å². The van der Waals surface area contributed by atoms with Crippen LogP contribution in [0.2, 0.25) is 0 Å². The second-order valence-corrected chi connectivity index (χ2v) is 10.0. The smallest absolute Gasteiger partial charge is 0.328 e. The van der Waals surface area contributed by atoms with Crippen LogP contribution in [0.15, 0.2) is 61.1 Å². The van der Waals surface area contributed by atoms with Gasteiger partial charge in [0.2, 0.25) is 10.0 Å². The van der Waals surface area contributed by atoms with Gasteiger partial charge in [-0.3, -0.25) is 4.98 Å². The normalized spacial score (nSPS) is 15.8. The number of esters is 1. The van der Waals surface area contributed by atoms with E-state index in [-0.39, 0.29) is 12.4 Å². The van der Waals surface area contributed by atoms with Gasteiger partial charge in [-0.1, -0.05) is 43.7 Å². The number of anilines is 1. The molecule has 1 saturated heterocycles. The van der Waals surface area contributed by atoms with Crippen molar-refractivity contribution in [1.82, 2.24) is 14.6 Å². The summed E-state index contributed by atoms with van der Waals surface area (Å²) in [5.41, 5.74) is 2.47. The molecule has 2 aromatic rings. The molecule has 1 fully saturated rings. The molecule has 1 N–H and O–H groups in total. The summed E-state index contributed by atoms with van der Waals surface area (Å²) in [6.07, 6.45) is 6.73. The number of hydrogen-bond donors (Lipinski definition) is 1. The quantitative estimate of drug-likeness (QED) is 0.488. The lowest BCUT2D eigenvalue weighted by Gasteiger charge is -2.36. The highest BCUT2D eigenvalue weighted by molar-refractivity contribution is 7.89. The highest BCUT2D eigenvalue weighted by Gasteiger charge is 2.31. The lowest BCUT2D eigenvalue weighted by Crippen LogP contribution is -2.46. The van der Waals surface area contributed by atoms with Gasteiger partial charge in [0.05, 0.1) is 12.4 Å². The summed E-state index contributed by atoms with van der Waals surface area (Å²) in [6.45, 7) is 6.88. The van der Waals surface area contributed by atoms with Crippen molar-refractivity contribution < 1.29 is 17.9 Å². The minimum absolute atomic E-state index is 0.0356. The fourth-order valence-electron chi connectivity index (χ4n) is 3.84. The molecule has 9 heteroatoms. The Morgan fingerprint density at radius 3 is 2.38 bits per heavy atom. The molecular weight excluding hydrogens is 452 g/mol. The number of rotatable bonds is 11. The first-order valence-corrected chi connectivity index (χ1v) is 13.4. The number of unbranched alkanes of at least 4 members (excludes halogenated alkanes) is 1. The summed E-state index contributed by atoms with van der Waals surface area (Å²) in [7, 11) is -3.67. The Morgan fingerprint density at radius 1 is 1.09 bits per heavy atom. The van der Waals surface area contributed by atoms with Crippen LogP contribution >= 0.6 is 0 Å². The first kappa shape index (κ1) is 25.7. The minimum Gasteiger partial charge on any atom is -0.465 e. The lowest BCUT2D eigenvalue weighted by molar-refractivity contribution is -0.143. The van der Waals surface area contributed by atoms with Gasteiger partial charge in [-0.05, 0) is 31.0 Å². The lowest BCUT2D eigenvalue weighted by atomic mass is 9.99. The maximum Gasteiger partial charge on any atom is 0.328 e. The highest BCUT2D eigenvalue weighted by atomic mass is 32.2. The first-order valence-electron chi connectivity index (χ1n) is 11.8. The van der Waals surface area contributed by atoms with Gasteiger partial charge in [0.15, 0.2) is 0 Å². The number of piperazine rings is 1. The third-order valence-corrected chi connectivity index (χ3v) is 7.09. The van der Waals surface area contributed by atoms with Crippen LogP contribution in [0.25, 0.3) is 5.57 Å². The van der Waals surface area contributed by atoms with Crippen LogP contribution in [0, 0.1) is 0 Å². The Labute approximate surface area is 202 Å². The van der Waals surface area contributed by atoms with E-state index in [1.54, 1.807) is 19.3 Å². The molecule has 1 atom stereocenters. The first-order chi connectivity index (χ1) is 16.4. The van der Waals surface area contributed by atoms with Crippen molar-refractivity contribution in [3.05, 3.63) is 66.6 Å². The van der Waals surface area contributed by atoms with E-state index in [1.807, 2.05) is 55.6 Å². The second-order valence-electron chi connectivity index (χ2n) is 8.15. The maximum atomic E-state index is 13.0. The monoisotopic (exact) mass is 486 g/mol. The van der Waals surface area contributed by atoms with Crippen molar-refractivity contribution in [1.29, 1.82) is 0 Å². The van der Waals surface area contributed by atoms with Gasteiger partial charge in [-0.25, -0.2) is 13.2 Å². The zero-order valence-electron chi connectivity index (χ0n) is 19.9. The number of nitrogens with one attached hydrogen (secondary N) is 1. The molecular formula is C25H34N4O4S. The van der Waals surface area contributed by atoms with Gasteiger partial charge in [-0.15, -0.1) is 0 Å². The van der Waals surface area contributed by atoms with Crippen LogP contribution in [-0.4, -0.2) is 68.9 Å². The van der Waals surface area contributed by atoms with Gasteiger partial charge in [0, 0.05) is 56.0 Å². The molecule has 0 aliphatic carbocycles. The predicted octanol–water partition coefficient (Wildman–Crippen LogP) is 2.90. The number of ether oxygens (including phenoxy) is 1. The Bertz CT molecular complexity index is 1040. The van der Waals surface area contributed by atoms with E-state index in [2.05, 4.69) is 19.5 Å². The molecule has 0 radical (unpaired) electrons. The Kier molecular flexibility index (Phi) is 9.47. The highest BCUT2D eigenvalue weighted by Crippen LogP contribution is 2.23. The van der Waals surface area contributed by atoms with Crippen LogP contribution in [0.1, 0.15) is 32.3 Å². The molecule has 0 amide bonds. The average Bonchev–Trinajstić information content (AvgIpc) is 2.86. The van der Waals surface area contributed by atoms with Gasteiger partial charge in [0.25, 0.3) is 0 Å². The molecule has 3 rings (SSSR count). The number of aromatic nitrogens is 1. The summed E-state index contributed by atoms with van der Waals surface area (Å²) in [5, 5.41) is 0. The van der Waals surface area contributed by atoms with Gasteiger partial charge in [0.1, 0.15) is 6.04 Å². The van der Waals surface area contributed by atoms with Crippen molar-refractivity contribution in [2.75, 3.05) is 43.4 Å². The van der Waals surface area contributed by atoms with Crippen molar-refractivity contribution in [3.63, 3.8) is 0 Å². The molecule has 1 aromatic carbocycles. The average molecular weight is 487 g/mol. The van der Waals surface area contributed by atoms with Gasteiger partial charge >= 0.3 is 5.97 Å².